The molecular formula is C14H18N2O4S. The molecule has 1 fully saturated rings. The van der Waals surface area contributed by atoms with E-state index in [-0.39, 0.29) is 25.2 Å². The van der Waals surface area contributed by atoms with E-state index in [4.69, 9.17) is 9.84 Å². The molecule has 2 unspecified atom stereocenters. The number of morpholine rings is 1. The Morgan fingerprint density at radius 3 is 3.14 bits per heavy atom. The molecule has 2 N–H and O–H groups in total. The maximum Gasteiger partial charge on any atom is 0.334 e. The number of hydrogen-bond acceptors (Lipinski definition) is 4. The molecule has 0 aromatic carbocycles. The van der Waals surface area contributed by atoms with Crippen LogP contribution in [0.3, 0.4) is 0 Å². The molecule has 1 aliphatic heterocycles. The number of nitrogens with zero attached hydrogens (tertiary/aromatic N) is 1. The molecule has 1 saturated heterocycles. The van der Waals surface area contributed by atoms with Gasteiger partial charge in [0.05, 0.1) is 19.2 Å². The summed E-state index contributed by atoms with van der Waals surface area (Å²) in [5, 5.41) is 14.1. The fraction of sp³-hybridized carbons (Fsp3) is 0.571. The van der Waals surface area contributed by atoms with Crippen LogP contribution in [0.4, 0.5) is 4.79 Å². The number of amides is 2. The number of aryl methyl sites for hydroxylation is 1. The summed E-state index contributed by atoms with van der Waals surface area (Å²) in [5.41, 5.74) is 1.21. The third-order valence-corrected chi connectivity index (χ3v) is 4.98. The average Bonchev–Trinajstić information content (AvgIpc) is 2.97. The van der Waals surface area contributed by atoms with Crippen molar-refractivity contribution in [2.45, 2.75) is 31.4 Å². The van der Waals surface area contributed by atoms with Gasteiger partial charge in [0.2, 0.25) is 0 Å². The van der Waals surface area contributed by atoms with Crippen LogP contribution < -0.4 is 5.32 Å². The van der Waals surface area contributed by atoms with Crippen LogP contribution in [0, 0.1) is 0 Å². The number of fused-ring (bicyclic) bond motifs is 1. The van der Waals surface area contributed by atoms with E-state index < -0.39 is 12.1 Å². The number of carbonyl (C=O) groups excluding carboxylic acids is 1. The zero-order valence-electron chi connectivity index (χ0n) is 11.6. The van der Waals surface area contributed by atoms with Crippen molar-refractivity contribution in [3.63, 3.8) is 0 Å². The van der Waals surface area contributed by atoms with Gasteiger partial charge in [0.25, 0.3) is 0 Å². The van der Waals surface area contributed by atoms with Crippen molar-refractivity contribution >= 4 is 23.3 Å². The Kier molecular flexibility index (Phi) is 4.12. The molecule has 0 saturated carbocycles. The van der Waals surface area contributed by atoms with E-state index in [0.29, 0.717) is 6.54 Å². The first-order chi connectivity index (χ1) is 10.1. The van der Waals surface area contributed by atoms with Crippen molar-refractivity contribution in [1.29, 1.82) is 0 Å². The van der Waals surface area contributed by atoms with Gasteiger partial charge in [-0.05, 0) is 36.3 Å². The molecule has 2 aliphatic rings. The highest BCUT2D eigenvalue weighted by Gasteiger charge is 2.31. The van der Waals surface area contributed by atoms with Crippen LogP contribution in [0.15, 0.2) is 11.4 Å². The summed E-state index contributed by atoms with van der Waals surface area (Å²) in [7, 11) is 0. The molecule has 2 amide bonds. The summed E-state index contributed by atoms with van der Waals surface area (Å²) in [5.74, 6) is -1.02. The number of nitrogens with one attached hydrogen (secondary N) is 1. The average molecular weight is 310 g/mol. The van der Waals surface area contributed by atoms with Crippen LogP contribution >= 0.6 is 11.3 Å². The number of thiophene rings is 1. The van der Waals surface area contributed by atoms with Gasteiger partial charge in [0.1, 0.15) is 0 Å². The molecule has 7 heteroatoms. The highest BCUT2D eigenvalue weighted by atomic mass is 32.1. The third-order valence-electron chi connectivity index (χ3n) is 3.98. The minimum absolute atomic E-state index is 0.0404. The van der Waals surface area contributed by atoms with Gasteiger partial charge in [-0.2, -0.15) is 0 Å². The normalized spacial score (nSPS) is 25.2. The lowest BCUT2D eigenvalue weighted by molar-refractivity contribution is -0.154. The standard InChI is InChI=1S/C14H18N2O4S/c17-13(18)11-8-16(5-6-20-11)14(19)15-10-2-1-3-12-9(10)4-7-21-12/h4,7,10-11H,1-3,5-6,8H2,(H,15,19)(H,17,18). The van der Waals surface area contributed by atoms with Gasteiger partial charge in [-0.1, -0.05) is 0 Å². The van der Waals surface area contributed by atoms with Crippen molar-refractivity contribution in [2.75, 3.05) is 19.7 Å². The second kappa shape index (κ2) is 6.03. The lowest BCUT2D eigenvalue weighted by atomic mass is 9.94. The number of ether oxygens (including phenoxy) is 1. The van der Waals surface area contributed by atoms with Gasteiger partial charge in [-0.15, -0.1) is 11.3 Å². The Morgan fingerprint density at radius 2 is 2.33 bits per heavy atom. The summed E-state index contributed by atoms with van der Waals surface area (Å²) >= 11 is 1.73. The van der Waals surface area contributed by atoms with Crippen LogP contribution in [0.25, 0.3) is 0 Å². The lowest BCUT2D eigenvalue weighted by Gasteiger charge is -2.33. The number of hydrogen-bond donors (Lipinski definition) is 2. The summed E-state index contributed by atoms with van der Waals surface area (Å²) in [6, 6.07) is 1.91. The van der Waals surface area contributed by atoms with E-state index in [0.717, 1.165) is 19.3 Å². The van der Waals surface area contributed by atoms with E-state index >= 15 is 0 Å². The second-order valence-electron chi connectivity index (χ2n) is 5.34. The molecule has 2 heterocycles. The zero-order valence-corrected chi connectivity index (χ0v) is 12.4. The van der Waals surface area contributed by atoms with Gasteiger partial charge in [-0.25, -0.2) is 9.59 Å². The monoisotopic (exact) mass is 310 g/mol. The van der Waals surface area contributed by atoms with E-state index in [1.165, 1.54) is 15.3 Å². The molecule has 1 aromatic rings. The summed E-state index contributed by atoms with van der Waals surface area (Å²) in [6.07, 6.45) is 2.16. The molecule has 0 bridgehead atoms. The first-order valence-electron chi connectivity index (χ1n) is 7.11. The van der Waals surface area contributed by atoms with Gasteiger partial charge in [-0.3, -0.25) is 0 Å². The van der Waals surface area contributed by atoms with Crippen LogP contribution in [0.1, 0.15) is 29.3 Å². The molecule has 1 aliphatic carbocycles. The van der Waals surface area contributed by atoms with Crippen LogP contribution in [0.2, 0.25) is 0 Å². The Hall–Kier alpha value is -1.60. The number of rotatable bonds is 2. The summed E-state index contributed by atoms with van der Waals surface area (Å²) in [4.78, 5) is 26.2. The smallest absolute Gasteiger partial charge is 0.334 e. The van der Waals surface area contributed by atoms with Crippen LogP contribution in [-0.2, 0) is 16.0 Å². The lowest BCUT2D eigenvalue weighted by Crippen LogP contribution is -2.52. The maximum atomic E-state index is 12.3. The van der Waals surface area contributed by atoms with Gasteiger partial charge in [0, 0.05) is 11.4 Å². The predicted octanol–water partition coefficient (Wildman–Crippen LogP) is 1.62. The third kappa shape index (κ3) is 3.03. The van der Waals surface area contributed by atoms with Crippen LogP contribution in [-0.4, -0.2) is 47.8 Å². The second-order valence-corrected chi connectivity index (χ2v) is 6.34. The summed E-state index contributed by atoms with van der Waals surface area (Å²) < 4.78 is 5.13. The minimum atomic E-state index is -1.02. The molecular weight excluding hydrogens is 292 g/mol. The maximum absolute atomic E-state index is 12.3. The number of aliphatic carboxylic acids is 1. The number of carboxylic acids is 1. The Morgan fingerprint density at radius 1 is 1.48 bits per heavy atom. The summed E-state index contributed by atoms with van der Waals surface area (Å²) in [6.45, 7) is 0.794. The van der Waals surface area contributed by atoms with E-state index in [9.17, 15) is 9.59 Å². The van der Waals surface area contributed by atoms with Crippen molar-refractivity contribution in [1.82, 2.24) is 10.2 Å². The Balaban J connectivity index is 1.63. The van der Waals surface area contributed by atoms with E-state index in [1.807, 2.05) is 0 Å². The SMILES string of the molecule is O=C(O)C1CN(C(=O)NC2CCCc3sccc32)CCO1. The fourth-order valence-corrected chi connectivity index (χ4v) is 3.85. The van der Waals surface area contributed by atoms with Gasteiger partial charge in [0.15, 0.2) is 6.10 Å². The van der Waals surface area contributed by atoms with Crippen molar-refractivity contribution in [3.8, 4) is 0 Å². The Labute approximate surface area is 126 Å². The van der Waals surface area contributed by atoms with E-state index in [1.54, 1.807) is 11.3 Å². The minimum Gasteiger partial charge on any atom is -0.479 e. The number of carbonyl (C=O) groups is 2. The van der Waals surface area contributed by atoms with Gasteiger partial charge >= 0.3 is 12.0 Å². The molecule has 3 rings (SSSR count). The Bertz CT molecular complexity index is 545. The van der Waals surface area contributed by atoms with Crippen molar-refractivity contribution in [3.05, 3.63) is 21.9 Å². The van der Waals surface area contributed by atoms with Gasteiger partial charge < -0.3 is 20.1 Å². The molecule has 2 atom stereocenters. The molecule has 21 heavy (non-hydrogen) atoms. The first-order valence-corrected chi connectivity index (χ1v) is 7.99. The molecule has 1 aromatic heterocycles. The predicted molar refractivity (Wildman–Crippen MR) is 77.5 cm³/mol. The topological polar surface area (TPSA) is 78.9 Å². The molecule has 0 spiro atoms. The molecule has 114 valence electrons. The molecule has 6 nitrogen and oxygen atoms in total. The molecule has 0 radical (unpaired) electrons. The van der Waals surface area contributed by atoms with Crippen molar-refractivity contribution < 1.29 is 19.4 Å². The number of urea groups is 1. The van der Waals surface area contributed by atoms with Crippen molar-refractivity contribution in [2.24, 2.45) is 0 Å². The fourth-order valence-electron chi connectivity index (χ4n) is 2.86. The van der Waals surface area contributed by atoms with Crippen LogP contribution in [0.5, 0.6) is 0 Å². The number of carboxylic acid groups (broad SMARTS) is 1. The zero-order chi connectivity index (χ0) is 14.8. The quantitative estimate of drug-likeness (QED) is 0.870. The van der Waals surface area contributed by atoms with E-state index in [2.05, 4.69) is 16.8 Å². The highest BCUT2D eigenvalue weighted by molar-refractivity contribution is 7.10. The largest absolute Gasteiger partial charge is 0.479 e. The highest BCUT2D eigenvalue weighted by Crippen LogP contribution is 2.33. The first kappa shape index (κ1) is 14.3.